The molecule has 28 nitrogen and oxygen atoms in total. The lowest BCUT2D eigenvalue weighted by atomic mass is 9.92. The molecule has 0 bridgehead atoms. The van der Waals surface area contributed by atoms with Crippen molar-refractivity contribution in [2.75, 3.05) is 51.3 Å². The number of aliphatic carboxylic acids is 2. The number of thioether (sulfide) groups is 1. The topological polar surface area (TPSA) is 383 Å². The maximum Gasteiger partial charge on any atom is 0.307 e. The lowest BCUT2D eigenvalue weighted by Crippen LogP contribution is -2.59. The van der Waals surface area contributed by atoms with Gasteiger partial charge in [0.05, 0.1) is 29.8 Å². The van der Waals surface area contributed by atoms with E-state index in [9.17, 15) is 73.2 Å². The summed E-state index contributed by atoms with van der Waals surface area (Å²) in [4.78, 5) is 162. The van der Waals surface area contributed by atoms with Gasteiger partial charge in [0, 0.05) is 73.8 Å². The van der Waals surface area contributed by atoms with Crippen molar-refractivity contribution in [3.63, 3.8) is 0 Å². The molecule has 0 spiro atoms. The summed E-state index contributed by atoms with van der Waals surface area (Å²) in [6, 6.07) is 8.30. The van der Waals surface area contributed by atoms with E-state index in [-0.39, 0.29) is 115 Å². The van der Waals surface area contributed by atoms with Gasteiger partial charge in [0.1, 0.15) is 45.0 Å². The normalized spacial score (nSPS) is 17.7. The summed E-state index contributed by atoms with van der Waals surface area (Å²) in [5.41, 5.74) is 1.71. The number of thiol groups is 1. The Hall–Kier alpha value is -7.91. The first-order chi connectivity index (χ1) is 54.0. The summed E-state index contributed by atoms with van der Waals surface area (Å²) >= 11 is 8.20. The van der Waals surface area contributed by atoms with Crippen LogP contribution in [0.3, 0.4) is 0 Å². The lowest BCUT2D eigenvalue weighted by molar-refractivity contribution is -0.160. The van der Waals surface area contributed by atoms with Gasteiger partial charge in [-0.05, 0) is 150 Å². The van der Waals surface area contributed by atoms with Crippen molar-refractivity contribution in [3.05, 3.63) is 91.8 Å². The number of amides is 6. The minimum absolute atomic E-state index is 0.0330. The van der Waals surface area contributed by atoms with Crippen LogP contribution < -0.4 is 21.3 Å². The van der Waals surface area contributed by atoms with Gasteiger partial charge in [-0.3, -0.25) is 62.5 Å². The molecule has 6 amide bonds. The van der Waals surface area contributed by atoms with Crippen LogP contribution in [0.1, 0.15) is 234 Å². The predicted molar refractivity (Wildman–Crippen MR) is 443 cm³/mol. The molecular formula is C82H124N10O18S4. The number of aromatic hydroxyl groups is 2. The fourth-order valence-corrected chi connectivity index (χ4v) is 16.8. The lowest BCUT2D eigenvalue weighted by Gasteiger charge is -2.40. The highest BCUT2D eigenvalue weighted by atomic mass is 32.2. The molecule has 4 aromatic rings. The van der Waals surface area contributed by atoms with E-state index in [0.29, 0.717) is 65.9 Å². The maximum absolute atomic E-state index is 14.7. The predicted octanol–water partition coefficient (Wildman–Crippen LogP) is 11.2. The number of thiazole rings is 2. The molecule has 634 valence electrons. The highest BCUT2D eigenvalue weighted by molar-refractivity contribution is 7.99. The molecule has 0 saturated carbocycles. The van der Waals surface area contributed by atoms with Gasteiger partial charge in [0.2, 0.25) is 23.6 Å². The quantitative estimate of drug-likeness (QED) is 0.00653. The first kappa shape index (κ1) is 96.7. The second-order valence-electron chi connectivity index (χ2n) is 31.0. The van der Waals surface area contributed by atoms with Gasteiger partial charge in [-0.1, -0.05) is 126 Å². The van der Waals surface area contributed by atoms with Crippen LogP contribution in [0.25, 0.3) is 0 Å². The highest BCUT2D eigenvalue weighted by Crippen LogP contribution is 2.35. The first-order valence-corrected chi connectivity index (χ1v) is 43.4. The van der Waals surface area contributed by atoms with Crippen LogP contribution in [0.15, 0.2) is 59.3 Å². The van der Waals surface area contributed by atoms with Crippen LogP contribution in [-0.4, -0.2) is 215 Å². The summed E-state index contributed by atoms with van der Waals surface area (Å²) in [6.07, 6.45) is 6.51. The third-order valence-electron chi connectivity index (χ3n) is 21.1. The number of carbonyl (C=O) groups excluding carboxylic acids is 9. The van der Waals surface area contributed by atoms with Gasteiger partial charge in [-0.15, -0.1) is 34.4 Å². The molecule has 6 rings (SSSR count). The van der Waals surface area contributed by atoms with Gasteiger partial charge in [0.25, 0.3) is 11.8 Å². The standard InChI is InChI=1S/C42H63N5O10S.C40H61N5O8S3/c1-9-13-36(50)56-24-47(41(53)37(26(5)10-2)45-39(52)33-14-11-12-19-46(33)8)34(25(3)4)22-35(57-28(7)48)40-44-32(23-58-40)38(51)43-30(20-27(6)42(54)55)21-29-15-17-31(49)18-16-29;1-8-25(4)35(43-37(49)32-11-9-10-16-44(32)7)39(50)45(23-55-18-17-54)33(24(2)3)21-34(53-27(6)46)38-42-31(22-56-38)36(48)41-29(19-26(5)40(51)52)20-28-12-14-30(47)15-13-28/h15-18,23,25-27,30,33-35,37,49H,9-14,19-22,24H2,1-8H3,(H,43,51)(H,45,52)(H,54,55);12-15,22,24-26,29,32-35,47,54H,8-11,16-21,23H2,1-7H3,(H,41,48)(H,43,49)(H,51,52)/t26?,27-,30+,33+,34+,35+,37-;25?,26-,29+,32+,33+,34+,35-/m00/s1. The molecule has 8 N–H and O–H groups in total. The monoisotopic (exact) mass is 1660 g/mol. The average Bonchev–Trinajstić information content (AvgIpc) is 1.09. The summed E-state index contributed by atoms with van der Waals surface area (Å²) in [6.45, 7) is 24.3. The molecule has 2 aliphatic heterocycles. The SMILES string of the molecule is CCC(C)[C@H](NC(=O)[C@H]1CCCCN1C)C(=O)N(CSCCS)[C@H](C[C@@H](OC(C)=O)c1nc(C(=O)N[C@@H](Cc2ccc(O)cc2)C[C@H](C)C(=O)O)cs1)C(C)C.CCCC(=O)OCN(C(=O)[C@@H](NC(=O)[C@H]1CCCCN1C)C(C)CC)[C@H](C[C@@H](OC(C)=O)c1nc(C(=O)N[C@@H](Cc2ccc(O)cc2)C[C@H](C)C(=O)O)cs1)C(C)C. The Kier molecular flexibility index (Phi) is 41.2. The van der Waals surface area contributed by atoms with E-state index >= 15 is 0 Å². The molecule has 0 radical (unpaired) electrons. The number of aromatic nitrogens is 2. The molecular weight excluding hydrogens is 1540 g/mol. The minimum atomic E-state index is -1.01. The molecule has 2 aromatic carbocycles. The number of benzene rings is 2. The number of esters is 3. The fourth-order valence-electron chi connectivity index (χ4n) is 14.0. The molecule has 2 aliphatic rings. The van der Waals surface area contributed by atoms with E-state index in [0.717, 1.165) is 79.0 Å². The number of piperidine rings is 2. The Balaban J connectivity index is 0.000000407. The molecule has 14 atom stereocenters. The Labute approximate surface area is 689 Å². The van der Waals surface area contributed by atoms with Gasteiger partial charge >= 0.3 is 29.8 Å². The number of nitrogens with one attached hydrogen (secondary N) is 4. The third-order valence-corrected chi connectivity index (χ3v) is 24.5. The number of hydrogen-bond acceptors (Lipinski definition) is 24. The van der Waals surface area contributed by atoms with E-state index in [2.05, 4.69) is 43.9 Å². The molecule has 2 unspecified atom stereocenters. The number of ether oxygens (including phenoxy) is 3. The fraction of sp³-hybridized carbons (Fsp3) is 0.646. The van der Waals surface area contributed by atoms with Crippen molar-refractivity contribution < 1.29 is 87.4 Å². The van der Waals surface area contributed by atoms with Gasteiger partial charge in [-0.2, -0.15) is 12.6 Å². The molecule has 2 fully saturated rings. The van der Waals surface area contributed by atoms with Crippen LogP contribution in [0.2, 0.25) is 0 Å². The third kappa shape index (κ3) is 30.9. The van der Waals surface area contributed by atoms with Gasteiger partial charge in [-0.25, -0.2) is 9.97 Å². The molecule has 32 heteroatoms. The second-order valence-corrected chi connectivity index (χ2v) is 34.3. The van der Waals surface area contributed by atoms with Gasteiger partial charge < -0.3 is 65.7 Å². The van der Waals surface area contributed by atoms with Crippen LogP contribution in [0.5, 0.6) is 11.5 Å². The zero-order chi connectivity index (χ0) is 84.6. The Bertz CT molecular complexity index is 3750. The van der Waals surface area contributed by atoms with Crippen LogP contribution >= 0.6 is 47.1 Å². The van der Waals surface area contributed by atoms with Crippen LogP contribution in [0, 0.1) is 35.5 Å². The number of phenols is 2. The number of carboxylic acid groups (broad SMARTS) is 2. The molecule has 114 heavy (non-hydrogen) atoms. The second kappa shape index (κ2) is 48.6. The Morgan fingerprint density at radius 2 is 0.974 bits per heavy atom. The molecule has 2 aromatic heterocycles. The average molecular weight is 1670 g/mol. The van der Waals surface area contributed by atoms with E-state index in [4.69, 9.17) is 14.2 Å². The number of carboxylic acids is 2. The van der Waals surface area contributed by atoms with Crippen LogP contribution in [0.4, 0.5) is 0 Å². The summed E-state index contributed by atoms with van der Waals surface area (Å²) < 4.78 is 17.3. The van der Waals surface area contributed by atoms with E-state index in [1.54, 1.807) is 60.2 Å². The van der Waals surface area contributed by atoms with Crippen molar-refractivity contribution in [2.24, 2.45) is 35.5 Å². The smallest absolute Gasteiger partial charge is 0.307 e. The van der Waals surface area contributed by atoms with Crippen molar-refractivity contribution in [1.29, 1.82) is 0 Å². The minimum Gasteiger partial charge on any atom is -0.508 e. The summed E-state index contributed by atoms with van der Waals surface area (Å²) in [7, 11) is 3.84. The molecule has 0 aliphatic carbocycles. The van der Waals surface area contributed by atoms with Crippen molar-refractivity contribution in [2.45, 2.75) is 253 Å². The number of phenolic OH excluding ortho intramolecular Hbond substituents is 2. The van der Waals surface area contributed by atoms with Crippen LogP contribution in [-0.2, 0) is 70.2 Å². The number of hydrogen-bond donors (Lipinski definition) is 9. The number of nitrogens with zero attached hydrogens (tertiary/aromatic N) is 6. The number of likely N-dealkylation sites (N-methyl/N-ethyl adjacent to an activating group) is 2. The Morgan fingerprint density at radius 3 is 1.32 bits per heavy atom. The molecule has 2 saturated heterocycles. The van der Waals surface area contributed by atoms with E-state index in [1.807, 2.05) is 86.2 Å². The largest absolute Gasteiger partial charge is 0.508 e. The number of likely N-dealkylation sites (tertiary alicyclic amines) is 2. The zero-order valence-electron chi connectivity index (χ0n) is 68.9. The molecule has 4 heterocycles. The van der Waals surface area contributed by atoms with E-state index < -0.39 is 108 Å². The summed E-state index contributed by atoms with van der Waals surface area (Å²) in [5, 5.41) is 54.4. The van der Waals surface area contributed by atoms with Crippen molar-refractivity contribution in [1.82, 2.24) is 50.8 Å². The first-order valence-electron chi connectivity index (χ1n) is 39.9. The number of rotatable bonds is 44. The maximum atomic E-state index is 14.7. The Morgan fingerprint density at radius 1 is 0.579 bits per heavy atom. The summed E-state index contributed by atoms with van der Waals surface area (Å²) in [5.74, 6) is -6.15. The highest BCUT2D eigenvalue weighted by Gasteiger charge is 2.42. The van der Waals surface area contributed by atoms with Crippen molar-refractivity contribution >= 4 is 112 Å². The zero-order valence-corrected chi connectivity index (χ0v) is 72.3. The van der Waals surface area contributed by atoms with Gasteiger partial charge in [0.15, 0.2) is 18.9 Å². The van der Waals surface area contributed by atoms with Crippen molar-refractivity contribution in [3.8, 4) is 11.5 Å². The number of carbonyl (C=O) groups is 11. The van der Waals surface area contributed by atoms with E-state index in [1.165, 1.54) is 48.4 Å².